The van der Waals surface area contributed by atoms with Crippen LogP contribution < -0.4 is 0 Å². The van der Waals surface area contributed by atoms with Gasteiger partial charge in [0.2, 0.25) is 0 Å². The molecule has 0 aromatic rings. The normalized spacial score (nSPS) is 42.0. The number of hydrogen-bond acceptors (Lipinski definition) is 6. The molecule has 0 unspecified atom stereocenters. The highest BCUT2D eigenvalue weighted by atomic mass is 16.6. The third-order valence-electron chi connectivity index (χ3n) is 4.74. The second-order valence-electron chi connectivity index (χ2n) is 5.51. The Balaban J connectivity index is 2.13. The highest BCUT2D eigenvalue weighted by Gasteiger charge is 2.77. The van der Waals surface area contributed by atoms with Gasteiger partial charge in [-0.2, -0.15) is 0 Å². The van der Waals surface area contributed by atoms with Crippen molar-refractivity contribution < 1.29 is 28.5 Å². The van der Waals surface area contributed by atoms with Crippen LogP contribution in [-0.2, 0) is 28.5 Å². The second-order valence-corrected chi connectivity index (χ2v) is 5.51. The summed E-state index contributed by atoms with van der Waals surface area (Å²) in [5, 5.41) is 0. The first kappa shape index (κ1) is 13.0. The Hall–Kier alpha value is -1.98. The Labute approximate surface area is 116 Å². The Morgan fingerprint density at radius 2 is 1.25 bits per heavy atom. The SMILES string of the molecule is COC1=CC(=O)O[C@]2(C)[C@H]1[C@@H]1C(OC)=CC(=O)O[C@@]12C. The molecule has 0 spiro atoms. The predicted octanol–water partition coefficient (Wildman–Crippen LogP) is 0.924. The van der Waals surface area contributed by atoms with Gasteiger partial charge in [0.05, 0.1) is 38.2 Å². The summed E-state index contributed by atoms with van der Waals surface area (Å²) in [4.78, 5) is 23.4. The average molecular weight is 280 g/mol. The third kappa shape index (κ3) is 1.29. The zero-order chi connectivity index (χ0) is 14.7. The van der Waals surface area contributed by atoms with Crippen LogP contribution in [0.5, 0.6) is 0 Å². The fraction of sp³-hybridized carbons (Fsp3) is 0.571. The molecule has 3 rings (SSSR count). The van der Waals surface area contributed by atoms with Gasteiger partial charge in [-0.1, -0.05) is 0 Å². The van der Waals surface area contributed by atoms with Gasteiger partial charge in [-0.15, -0.1) is 0 Å². The van der Waals surface area contributed by atoms with Crippen LogP contribution in [0, 0.1) is 11.8 Å². The van der Waals surface area contributed by atoms with Crippen LogP contribution >= 0.6 is 0 Å². The van der Waals surface area contributed by atoms with E-state index in [1.165, 1.54) is 26.4 Å². The molecule has 1 aliphatic carbocycles. The molecule has 1 saturated carbocycles. The topological polar surface area (TPSA) is 71.1 Å². The molecule has 0 saturated heterocycles. The lowest BCUT2D eigenvalue weighted by Crippen LogP contribution is -2.78. The first-order valence-electron chi connectivity index (χ1n) is 6.34. The quantitative estimate of drug-likeness (QED) is 0.701. The summed E-state index contributed by atoms with van der Waals surface area (Å²) in [5.41, 5.74) is -1.91. The minimum absolute atomic E-state index is 0.227. The van der Waals surface area contributed by atoms with Crippen LogP contribution in [0.1, 0.15) is 13.8 Å². The molecule has 0 aromatic carbocycles. The van der Waals surface area contributed by atoms with Gasteiger partial charge >= 0.3 is 11.9 Å². The van der Waals surface area contributed by atoms with Crippen molar-refractivity contribution in [2.75, 3.05) is 14.2 Å². The first-order chi connectivity index (χ1) is 9.37. The Morgan fingerprint density at radius 1 is 0.900 bits per heavy atom. The van der Waals surface area contributed by atoms with E-state index in [4.69, 9.17) is 18.9 Å². The number of carbonyl (C=O) groups is 2. The largest absolute Gasteiger partial charge is 0.500 e. The maximum atomic E-state index is 11.7. The minimum Gasteiger partial charge on any atom is -0.500 e. The molecule has 0 N–H and O–H groups in total. The maximum Gasteiger partial charge on any atom is 0.334 e. The lowest BCUT2D eigenvalue weighted by atomic mass is 9.48. The number of hydrogen-bond donors (Lipinski definition) is 0. The molecule has 0 radical (unpaired) electrons. The van der Waals surface area contributed by atoms with Gasteiger partial charge in [0, 0.05) is 0 Å². The van der Waals surface area contributed by atoms with E-state index in [0.717, 1.165) is 0 Å². The van der Waals surface area contributed by atoms with Crippen molar-refractivity contribution in [3.05, 3.63) is 23.7 Å². The molecule has 6 heteroatoms. The number of ether oxygens (including phenoxy) is 4. The lowest BCUT2D eigenvalue weighted by Gasteiger charge is -2.65. The molecule has 20 heavy (non-hydrogen) atoms. The van der Waals surface area contributed by atoms with E-state index >= 15 is 0 Å². The van der Waals surface area contributed by atoms with Crippen molar-refractivity contribution in [2.24, 2.45) is 11.8 Å². The number of methoxy groups -OCH3 is 2. The first-order valence-corrected chi connectivity index (χ1v) is 6.34. The van der Waals surface area contributed by atoms with Gasteiger partial charge in [0.25, 0.3) is 0 Å². The number of esters is 2. The second kappa shape index (κ2) is 3.77. The fourth-order valence-corrected chi connectivity index (χ4v) is 3.62. The Morgan fingerprint density at radius 3 is 1.55 bits per heavy atom. The number of carbonyl (C=O) groups excluding carboxylic acids is 2. The van der Waals surface area contributed by atoms with Crippen LogP contribution in [0.4, 0.5) is 0 Å². The molecule has 0 aromatic heterocycles. The minimum atomic E-state index is -0.956. The highest BCUT2D eigenvalue weighted by Crippen LogP contribution is 2.64. The van der Waals surface area contributed by atoms with Crippen molar-refractivity contribution >= 4 is 11.9 Å². The molecule has 1 fully saturated rings. The van der Waals surface area contributed by atoms with E-state index in [2.05, 4.69) is 0 Å². The maximum absolute atomic E-state index is 11.7. The molecule has 4 atom stereocenters. The molecular formula is C14H16O6. The van der Waals surface area contributed by atoms with Crippen LogP contribution in [0.3, 0.4) is 0 Å². The van der Waals surface area contributed by atoms with Crippen LogP contribution in [0.25, 0.3) is 0 Å². The summed E-state index contributed by atoms with van der Waals surface area (Å²) in [6, 6.07) is 0. The van der Waals surface area contributed by atoms with Gasteiger partial charge < -0.3 is 18.9 Å². The van der Waals surface area contributed by atoms with Gasteiger partial charge in [-0.3, -0.25) is 0 Å². The predicted molar refractivity (Wildman–Crippen MR) is 66.2 cm³/mol. The summed E-state index contributed by atoms with van der Waals surface area (Å²) < 4.78 is 21.5. The highest BCUT2D eigenvalue weighted by molar-refractivity contribution is 5.87. The molecule has 108 valence electrons. The van der Waals surface area contributed by atoms with Gasteiger partial charge in [0.1, 0.15) is 11.5 Å². The van der Waals surface area contributed by atoms with E-state index < -0.39 is 23.1 Å². The van der Waals surface area contributed by atoms with E-state index in [0.29, 0.717) is 11.5 Å². The Kier molecular flexibility index (Phi) is 2.46. The molecule has 0 amide bonds. The van der Waals surface area contributed by atoms with Gasteiger partial charge in [-0.25, -0.2) is 9.59 Å². The molecule has 6 nitrogen and oxygen atoms in total. The van der Waals surface area contributed by atoms with Crippen LogP contribution in [-0.4, -0.2) is 37.4 Å². The summed E-state index contributed by atoms with van der Waals surface area (Å²) in [6.07, 6.45) is 2.66. The molecule has 0 bridgehead atoms. The summed E-state index contributed by atoms with van der Waals surface area (Å²) in [7, 11) is 3.01. The Bertz CT molecular complexity index is 512. The monoisotopic (exact) mass is 280 g/mol. The van der Waals surface area contributed by atoms with Crippen molar-refractivity contribution in [3.8, 4) is 0 Å². The van der Waals surface area contributed by atoms with E-state index in [1.54, 1.807) is 13.8 Å². The summed E-state index contributed by atoms with van der Waals surface area (Å²) >= 11 is 0. The van der Waals surface area contributed by atoms with Gasteiger partial charge in [0.15, 0.2) is 11.2 Å². The molecule has 2 heterocycles. The molecular weight excluding hydrogens is 264 g/mol. The zero-order valence-electron chi connectivity index (χ0n) is 11.8. The fourth-order valence-electron chi connectivity index (χ4n) is 3.62. The zero-order valence-corrected chi connectivity index (χ0v) is 11.8. The number of rotatable bonds is 2. The van der Waals surface area contributed by atoms with Crippen LogP contribution in [0.2, 0.25) is 0 Å². The van der Waals surface area contributed by atoms with E-state index in [9.17, 15) is 9.59 Å². The standard InChI is InChI=1S/C14H16O6/c1-13-11(7(17-3)5-9(15)19-13)12-8(18-4)6-10(16)20-14(12,13)2/h5-6,11-12H,1-4H3/t11-,12+,13-,14+. The smallest absolute Gasteiger partial charge is 0.334 e. The van der Waals surface area contributed by atoms with Crippen LogP contribution in [0.15, 0.2) is 23.7 Å². The lowest BCUT2D eigenvalue weighted by molar-refractivity contribution is -0.300. The summed E-state index contributed by atoms with van der Waals surface area (Å²) in [5.74, 6) is -0.405. The summed E-state index contributed by atoms with van der Waals surface area (Å²) in [6.45, 7) is 3.51. The van der Waals surface area contributed by atoms with Gasteiger partial charge in [-0.05, 0) is 13.8 Å². The molecule has 2 aliphatic heterocycles. The van der Waals surface area contributed by atoms with E-state index in [-0.39, 0.29) is 11.8 Å². The van der Waals surface area contributed by atoms with Crippen molar-refractivity contribution in [1.82, 2.24) is 0 Å². The van der Waals surface area contributed by atoms with Crippen molar-refractivity contribution in [3.63, 3.8) is 0 Å². The van der Waals surface area contributed by atoms with Crippen molar-refractivity contribution in [2.45, 2.75) is 25.0 Å². The van der Waals surface area contributed by atoms with Crippen molar-refractivity contribution in [1.29, 1.82) is 0 Å². The average Bonchev–Trinajstić information content (AvgIpc) is 2.38. The number of fused-ring (bicyclic) bond motifs is 4. The molecule has 3 aliphatic rings. The third-order valence-corrected chi connectivity index (χ3v) is 4.74. The van der Waals surface area contributed by atoms with E-state index in [1.807, 2.05) is 0 Å².